The SMILES string of the molecule is COc1cccc(SCCCC(C)(C)C(=O)O)c1. The Hall–Kier alpha value is -1.16. The molecule has 1 aromatic rings. The maximum absolute atomic E-state index is 10.9. The third-order valence-corrected chi connectivity index (χ3v) is 3.92. The van der Waals surface area contributed by atoms with Crippen LogP contribution >= 0.6 is 11.8 Å². The molecule has 100 valence electrons. The summed E-state index contributed by atoms with van der Waals surface area (Å²) in [5.41, 5.74) is -0.630. The Labute approximate surface area is 113 Å². The van der Waals surface area contributed by atoms with Gasteiger partial charge >= 0.3 is 5.97 Å². The number of methoxy groups -OCH3 is 1. The van der Waals surface area contributed by atoms with Crippen LogP contribution in [0.5, 0.6) is 5.75 Å². The maximum atomic E-state index is 10.9. The summed E-state index contributed by atoms with van der Waals surface area (Å²) in [6, 6.07) is 7.91. The van der Waals surface area contributed by atoms with Gasteiger partial charge in [-0.05, 0) is 50.6 Å². The average Bonchev–Trinajstić information content (AvgIpc) is 2.35. The van der Waals surface area contributed by atoms with E-state index in [4.69, 9.17) is 9.84 Å². The molecule has 0 spiro atoms. The Morgan fingerprint density at radius 1 is 1.44 bits per heavy atom. The molecule has 0 unspecified atom stereocenters. The molecule has 0 aliphatic rings. The highest BCUT2D eigenvalue weighted by Crippen LogP contribution is 2.27. The lowest BCUT2D eigenvalue weighted by atomic mass is 9.88. The van der Waals surface area contributed by atoms with Crippen molar-refractivity contribution in [2.24, 2.45) is 5.41 Å². The lowest BCUT2D eigenvalue weighted by molar-refractivity contribution is -0.147. The summed E-state index contributed by atoms with van der Waals surface area (Å²) >= 11 is 1.73. The summed E-state index contributed by atoms with van der Waals surface area (Å²) in [5, 5.41) is 9.00. The number of ether oxygens (including phenoxy) is 1. The van der Waals surface area contributed by atoms with E-state index in [1.807, 2.05) is 24.3 Å². The molecule has 1 rings (SSSR count). The Kier molecular flexibility index (Phi) is 5.54. The minimum Gasteiger partial charge on any atom is -0.497 e. The topological polar surface area (TPSA) is 46.5 Å². The van der Waals surface area contributed by atoms with Crippen molar-refractivity contribution in [3.63, 3.8) is 0 Å². The summed E-state index contributed by atoms with van der Waals surface area (Å²) in [6.07, 6.45) is 1.58. The molecule has 3 nitrogen and oxygen atoms in total. The lowest BCUT2D eigenvalue weighted by Gasteiger charge is -2.18. The molecule has 0 aliphatic carbocycles. The van der Waals surface area contributed by atoms with Crippen molar-refractivity contribution in [3.05, 3.63) is 24.3 Å². The van der Waals surface area contributed by atoms with E-state index < -0.39 is 11.4 Å². The summed E-state index contributed by atoms with van der Waals surface area (Å²) in [7, 11) is 1.65. The highest BCUT2D eigenvalue weighted by molar-refractivity contribution is 7.99. The van der Waals surface area contributed by atoms with Gasteiger partial charge in [0.05, 0.1) is 12.5 Å². The van der Waals surface area contributed by atoms with E-state index >= 15 is 0 Å². The van der Waals surface area contributed by atoms with Gasteiger partial charge in [0.1, 0.15) is 5.75 Å². The molecule has 0 saturated heterocycles. The van der Waals surface area contributed by atoms with Crippen LogP contribution < -0.4 is 4.74 Å². The molecule has 0 amide bonds. The molecule has 0 bridgehead atoms. The Morgan fingerprint density at radius 2 is 2.17 bits per heavy atom. The van der Waals surface area contributed by atoms with Crippen LogP contribution in [0.1, 0.15) is 26.7 Å². The zero-order chi connectivity index (χ0) is 13.6. The van der Waals surface area contributed by atoms with Gasteiger partial charge in [0.25, 0.3) is 0 Å². The monoisotopic (exact) mass is 268 g/mol. The van der Waals surface area contributed by atoms with E-state index in [9.17, 15) is 4.79 Å². The zero-order valence-corrected chi connectivity index (χ0v) is 11.9. The van der Waals surface area contributed by atoms with Crippen molar-refractivity contribution < 1.29 is 14.6 Å². The van der Waals surface area contributed by atoms with Crippen LogP contribution in [0.15, 0.2) is 29.2 Å². The molecule has 0 heterocycles. The molecule has 18 heavy (non-hydrogen) atoms. The Morgan fingerprint density at radius 3 is 2.78 bits per heavy atom. The van der Waals surface area contributed by atoms with Gasteiger partial charge in [-0.15, -0.1) is 11.8 Å². The third-order valence-electron chi connectivity index (χ3n) is 2.84. The number of thioether (sulfide) groups is 1. The van der Waals surface area contributed by atoms with Crippen LogP contribution in [0, 0.1) is 5.41 Å². The largest absolute Gasteiger partial charge is 0.497 e. The fourth-order valence-electron chi connectivity index (χ4n) is 1.50. The number of carboxylic acid groups (broad SMARTS) is 1. The second-order valence-electron chi connectivity index (χ2n) is 4.82. The summed E-state index contributed by atoms with van der Waals surface area (Å²) < 4.78 is 5.16. The quantitative estimate of drug-likeness (QED) is 0.605. The van der Waals surface area contributed by atoms with E-state index in [1.165, 1.54) is 0 Å². The molecule has 0 aromatic heterocycles. The third kappa shape index (κ3) is 4.61. The van der Waals surface area contributed by atoms with E-state index in [0.717, 1.165) is 22.8 Å². The standard InChI is InChI=1S/C14H20O3S/c1-14(2,13(15)16)8-5-9-18-12-7-4-6-11(10-12)17-3/h4,6-7,10H,5,8-9H2,1-3H3,(H,15,16). The molecule has 0 radical (unpaired) electrons. The van der Waals surface area contributed by atoms with Gasteiger partial charge in [-0.2, -0.15) is 0 Å². The van der Waals surface area contributed by atoms with E-state index in [0.29, 0.717) is 6.42 Å². The van der Waals surface area contributed by atoms with Crippen LogP contribution in [0.25, 0.3) is 0 Å². The molecule has 1 N–H and O–H groups in total. The van der Waals surface area contributed by atoms with Gasteiger partial charge in [0.2, 0.25) is 0 Å². The van der Waals surface area contributed by atoms with Gasteiger partial charge in [0.15, 0.2) is 0 Å². The predicted octanol–water partition coefficient (Wildman–Crippen LogP) is 3.68. The maximum Gasteiger partial charge on any atom is 0.309 e. The van der Waals surface area contributed by atoms with Crippen LogP contribution in [0.3, 0.4) is 0 Å². The molecule has 0 fully saturated rings. The molecule has 0 atom stereocenters. The van der Waals surface area contributed by atoms with E-state index in [2.05, 4.69) is 0 Å². The predicted molar refractivity (Wildman–Crippen MR) is 74.4 cm³/mol. The Balaban J connectivity index is 2.36. The zero-order valence-electron chi connectivity index (χ0n) is 11.1. The minimum atomic E-state index is -0.728. The van der Waals surface area contributed by atoms with Gasteiger partial charge in [-0.25, -0.2) is 0 Å². The van der Waals surface area contributed by atoms with Crippen molar-refractivity contribution in [2.75, 3.05) is 12.9 Å². The number of benzene rings is 1. The summed E-state index contributed by atoms with van der Waals surface area (Å²) in [6.45, 7) is 3.54. The van der Waals surface area contributed by atoms with Crippen LogP contribution in [-0.2, 0) is 4.79 Å². The van der Waals surface area contributed by atoms with Crippen LogP contribution in [-0.4, -0.2) is 23.9 Å². The fraction of sp³-hybridized carbons (Fsp3) is 0.500. The van der Waals surface area contributed by atoms with Gasteiger partial charge in [0, 0.05) is 4.90 Å². The first-order valence-corrected chi connectivity index (χ1v) is 6.94. The number of hydrogen-bond donors (Lipinski definition) is 1. The number of carbonyl (C=O) groups is 1. The van der Waals surface area contributed by atoms with Gasteiger partial charge in [-0.3, -0.25) is 4.79 Å². The first-order chi connectivity index (χ1) is 8.45. The van der Waals surface area contributed by atoms with Crippen molar-refractivity contribution in [1.29, 1.82) is 0 Å². The first kappa shape index (κ1) is 14.9. The smallest absolute Gasteiger partial charge is 0.309 e. The summed E-state index contributed by atoms with van der Waals surface area (Å²) in [5.74, 6) is 1.05. The van der Waals surface area contributed by atoms with Crippen molar-refractivity contribution in [1.82, 2.24) is 0 Å². The second-order valence-corrected chi connectivity index (χ2v) is 5.99. The van der Waals surface area contributed by atoms with Crippen molar-refractivity contribution in [3.8, 4) is 5.75 Å². The van der Waals surface area contributed by atoms with Crippen LogP contribution in [0.2, 0.25) is 0 Å². The number of rotatable bonds is 7. The normalized spacial score (nSPS) is 11.3. The van der Waals surface area contributed by atoms with Crippen LogP contribution in [0.4, 0.5) is 0 Å². The van der Waals surface area contributed by atoms with E-state index in [1.54, 1.807) is 32.7 Å². The first-order valence-electron chi connectivity index (χ1n) is 5.96. The van der Waals surface area contributed by atoms with Crippen molar-refractivity contribution >= 4 is 17.7 Å². The number of carboxylic acids is 1. The molecular formula is C14H20O3S. The van der Waals surface area contributed by atoms with Gasteiger partial charge in [-0.1, -0.05) is 6.07 Å². The number of hydrogen-bond acceptors (Lipinski definition) is 3. The van der Waals surface area contributed by atoms with E-state index in [-0.39, 0.29) is 0 Å². The fourth-order valence-corrected chi connectivity index (χ4v) is 2.40. The van der Waals surface area contributed by atoms with Crippen molar-refractivity contribution in [2.45, 2.75) is 31.6 Å². The average molecular weight is 268 g/mol. The molecule has 4 heteroatoms. The number of aliphatic carboxylic acids is 1. The highest BCUT2D eigenvalue weighted by Gasteiger charge is 2.25. The molecule has 0 aliphatic heterocycles. The molecule has 1 aromatic carbocycles. The highest BCUT2D eigenvalue weighted by atomic mass is 32.2. The molecule has 0 saturated carbocycles. The summed E-state index contributed by atoms with van der Waals surface area (Å²) in [4.78, 5) is 12.1. The van der Waals surface area contributed by atoms with Gasteiger partial charge < -0.3 is 9.84 Å². The Bertz CT molecular complexity index is 402. The lowest BCUT2D eigenvalue weighted by Crippen LogP contribution is -2.23. The molecular weight excluding hydrogens is 248 g/mol. The minimum absolute atomic E-state index is 0.630. The second kappa shape index (κ2) is 6.69.